The maximum atomic E-state index is 12.5. The lowest BCUT2D eigenvalue weighted by Gasteiger charge is -2.31. The Hall–Kier alpha value is -3.88. The van der Waals surface area contributed by atoms with Gasteiger partial charge in [0.05, 0.1) is 25.0 Å². The summed E-state index contributed by atoms with van der Waals surface area (Å²) in [6.07, 6.45) is -0.263. The SMILES string of the molecule is COc1ccccc1Cc1nc(C(C)(C)[C@@H](COC(C)=O)NC(=O)OCc2ccccc2)no1. The molecule has 0 saturated carbocycles. The molecule has 0 saturated heterocycles. The second-order valence-electron chi connectivity index (χ2n) is 8.28. The second kappa shape index (κ2) is 11.3. The maximum Gasteiger partial charge on any atom is 0.407 e. The number of hydrogen-bond donors (Lipinski definition) is 1. The van der Waals surface area contributed by atoms with E-state index in [4.69, 9.17) is 18.7 Å². The first-order valence-corrected chi connectivity index (χ1v) is 10.8. The van der Waals surface area contributed by atoms with Gasteiger partial charge in [-0.3, -0.25) is 4.79 Å². The molecular weight excluding hydrogens is 438 g/mol. The summed E-state index contributed by atoms with van der Waals surface area (Å²) in [6, 6.07) is 16.2. The topological polar surface area (TPSA) is 113 Å². The number of esters is 1. The summed E-state index contributed by atoms with van der Waals surface area (Å²) in [5.41, 5.74) is 0.911. The van der Waals surface area contributed by atoms with Gasteiger partial charge in [-0.25, -0.2) is 4.79 Å². The van der Waals surface area contributed by atoms with Crippen LogP contribution in [0.4, 0.5) is 4.79 Å². The number of benzene rings is 2. The van der Waals surface area contributed by atoms with Crippen molar-refractivity contribution in [2.45, 2.75) is 45.3 Å². The monoisotopic (exact) mass is 467 g/mol. The van der Waals surface area contributed by atoms with Crippen LogP contribution >= 0.6 is 0 Å². The highest BCUT2D eigenvalue weighted by molar-refractivity contribution is 5.68. The third kappa shape index (κ3) is 6.57. The first-order valence-electron chi connectivity index (χ1n) is 10.8. The number of carbonyl (C=O) groups excluding carboxylic acids is 2. The van der Waals surface area contributed by atoms with Crippen LogP contribution in [0.1, 0.15) is 43.6 Å². The van der Waals surface area contributed by atoms with E-state index in [1.165, 1.54) is 6.92 Å². The highest BCUT2D eigenvalue weighted by Crippen LogP contribution is 2.27. The van der Waals surface area contributed by atoms with Gasteiger partial charge in [0, 0.05) is 12.5 Å². The molecule has 9 nitrogen and oxygen atoms in total. The highest BCUT2D eigenvalue weighted by atomic mass is 16.6. The van der Waals surface area contributed by atoms with Crippen molar-refractivity contribution in [1.29, 1.82) is 0 Å². The quantitative estimate of drug-likeness (QED) is 0.448. The van der Waals surface area contributed by atoms with Crippen molar-refractivity contribution in [2.75, 3.05) is 13.7 Å². The number of methoxy groups -OCH3 is 1. The van der Waals surface area contributed by atoms with Gasteiger partial charge >= 0.3 is 12.1 Å². The van der Waals surface area contributed by atoms with Crippen molar-refractivity contribution in [3.05, 3.63) is 77.4 Å². The van der Waals surface area contributed by atoms with E-state index in [1.54, 1.807) is 7.11 Å². The number of ether oxygens (including phenoxy) is 3. The van der Waals surface area contributed by atoms with Crippen molar-refractivity contribution < 1.29 is 28.3 Å². The zero-order valence-electron chi connectivity index (χ0n) is 19.7. The average Bonchev–Trinajstić information content (AvgIpc) is 3.30. The van der Waals surface area contributed by atoms with E-state index < -0.39 is 23.5 Å². The van der Waals surface area contributed by atoms with Gasteiger partial charge in [0.2, 0.25) is 5.89 Å². The number of hydrogen-bond acceptors (Lipinski definition) is 8. The van der Waals surface area contributed by atoms with E-state index in [1.807, 2.05) is 68.4 Å². The van der Waals surface area contributed by atoms with Gasteiger partial charge in [-0.2, -0.15) is 4.98 Å². The molecule has 3 rings (SSSR count). The molecule has 1 atom stereocenters. The first-order chi connectivity index (χ1) is 16.3. The van der Waals surface area contributed by atoms with Gasteiger partial charge in [-0.05, 0) is 11.6 Å². The van der Waals surface area contributed by atoms with E-state index in [0.29, 0.717) is 18.1 Å². The number of nitrogens with one attached hydrogen (secondary N) is 1. The Morgan fingerprint density at radius 3 is 2.47 bits per heavy atom. The highest BCUT2D eigenvalue weighted by Gasteiger charge is 2.38. The van der Waals surface area contributed by atoms with Gasteiger partial charge in [0.1, 0.15) is 19.0 Å². The Balaban J connectivity index is 1.72. The summed E-state index contributed by atoms with van der Waals surface area (Å²) in [4.78, 5) is 28.5. The average molecular weight is 468 g/mol. The molecule has 0 bridgehead atoms. The molecule has 9 heteroatoms. The smallest absolute Gasteiger partial charge is 0.407 e. The molecule has 0 unspecified atom stereocenters. The summed E-state index contributed by atoms with van der Waals surface area (Å²) in [5.74, 6) is 1.01. The zero-order chi connectivity index (χ0) is 24.6. The predicted molar refractivity (Wildman–Crippen MR) is 123 cm³/mol. The number of amides is 1. The van der Waals surface area contributed by atoms with Crippen LogP contribution in [0.2, 0.25) is 0 Å². The lowest BCUT2D eigenvalue weighted by Crippen LogP contribution is -2.51. The van der Waals surface area contributed by atoms with Gasteiger partial charge in [-0.15, -0.1) is 0 Å². The van der Waals surface area contributed by atoms with Crippen molar-refractivity contribution in [3.8, 4) is 5.75 Å². The molecule has 0 aliphatic carbocycles. The number of aromatic nitrogens is 2. The minimum absolute atomic E-state index is 0.0842. The number of para-hydroxylation sites is 1. The van der Waals surface area contributed by atoms with Crippen LogP contribution in [0.5, 0.6) is 5.75 Å². The van der Waals surface area contributed by atoms with Gasteiger partial charge < -0.3 is 24.1 Å². The minimum Gasteiger partial charge on any atom is -0.496 e. The van der Waals surface area contributed by atoms with Crippen LogP contribution in [0.3, 0.4) is 0 Å². The number of rotatable bonds is 10. The van der Waals surface area contributed by atoms with Gasteiger partial charge in [0.25, 0.3) is 0 Å². The van der Waals surface area contributed by atoms with Crippen LogP contribution < -0.4 is 10.1 Å². The summed E-state index contributed by atoms with van der Waals surface area (Å²) >= 11 is 0. The van der Waals surface area contributed by atoms with Crippen LogP contribution in [0.15, 0.2) is 59.1 Å². The third-order valence-corrected chi connectivity index (χ3v) is 5.41. The maximum absolute atomic E-state index is 12.5. The van der Waals surface area contributed by atoms with Crippen molar-refractivity contribution in [2.24, 2.45) is 0 Å². The van der Waals surface area contributed by atoms with E-state index >= 15 is 0 Å². The first kappa shape index (κ1) is 24.8. The molecule has 1 amide bonds. The van der Waals surface area contributed by atoms with E-state index in [-0.39, 0.29) is 13.2 Å². The molecule has 180 valence electrons. The Morgan fingerprint density at radius 2 is 1.76 bits per heavy atom. The second-order valence-corrected chi connectivity index (χ2v) is 8.28. The molecule has 34 heavy (non-hydrogen) atoms. The summed E-state index contributed by atoms with van der Waals surface area (Å²) in [7, 11) is 1.60. The summed E-state index contributed by atoms with van der Waals surface area (Å²) in [5, 5.41) is 6.91. The molecule has 0 radical (unpaired) electrons. The predicted octanol–water partition coefficient (Wildman–Crippen LogP) is 3.80. The van der Waals surface area contributed by atoms with Crippen LogP contribution in [0.25, 0.3) is 0 Å². The van der Waals surface area contributed by atoms with Crippen LogP contribution in [-0.2, 0) is 32.7 Å². The fraction of sp³-hybridized carbons (Fsp3) is 0.360. The molecule has 1 heterocycles. The molecule has 0 fully saturated rings. The normalized spacial score (nSPS) is 12.0. The minimum atomic E-state index is -0.844. The number of alkyl carbamates (subject to hydrolysis) is 1. The Labute approximate surface area is 198 Å². The van der Waals surface area contributed by atoms with Crippen LogP contribution in [-0.4, -0.2) is 42.0 Å². The lowest BCUT2D eigenvalue weighted by atomic mass is 9.84. The zero-order valence-corrected chi connectivity index (χ0v) is 19.7. The number of nitrogens with zero attached hydrogens (tertiary/aromatic N) is 2. The van der Waals surface area contributed by atoms with E-state index in [9.17, 15) is 9.59 Å². The molecule has 1 N–H and O–H groups in total. The van der Waals surface area contributed by atoms with E-state index in [0.717, 1.165) is 16.9 Å². The molecule has 2 aromatic carbocycles. The number of carbonyl (C=O) groups is 2. The fourth-order valence-corrected chi connectivity index (χ4v) is 3.29. The Kier molecular flexibility index (Phi) is 8.24. The van der Waals surface area contributed by atoms with Gasteiger partial charge in [-0.1, -0.05) is 67.5 Å². The Morgan fingerprint density at radius 1 is 1.06 bits per heavy atom. The van der Waals surface area contributed by atoms with Crippen LogP contribution in [0, 0.1) is 0 Å². The van der Waals surface area contributed by atoms with Gasteiger partial charge in [0.15, 0.2) is 5.82 Å². The molecule has 3 aromatic rings. The van der Waals surface area contributed by atoms with Crippen molar-refractivity contribution in [1.82, 2.24) is 15.5 Å². The molecule has 0 aliphatic rings. The van der Waals surface area contributed by atoms with Crippen molar-refractivity contribution in [3.63, 3.8) is 0 Å². The Bertz CT molecular complexity index is 1100. The fourth-order valence-electron chi connectivity index (χ4n) is 3.29. The molecule has 0 aliphatic heterocycles. The molecule has 1 aromatic heterocycles. The lowest BCUT2D eigenvalue weighted by molar-refractivity contribution is -0.142. The van der Waals surface area contributed by atoms with E-state index in [2.05, 4.69) is 15.5 Å². The summed E-state index contributed by atoms with van der Waals surface area (Å²) in [6.45, 7) is 4.99. The standard InChI is InChI=1S/C25H29N3O6/c1-17(29)32-16-21(26-24(30)33-15-18-10-6-5-7-11-18)25(2,3)23-27-22(34-28-23)14-19-12-8-9-13-20(19)31-4/h5-13,21H,14-16H2,1-4H3,(H,26,30)/t21-/m1/s1. The third-order valence-electron chi connectivity index (χ3n) is 5.41. The largest absolute Gasteiger partial charge is 0.496 e. The van der Waals surface area contributed by atoms with Crippen molar-refractivity contribution >= 4 is 12.1 Å². The molecular formula is C25H29N3O6. The molecule has 0 spiro atoms. The summed E-state index contributed by atoms with van der Waals surface area (Å²) < 4.78 is 21.4.